The summed E-state index contributed by atoms with van der Waals surface area (Å²) >= 11 is 0. The molecule has 4 heteroatoms. The summed E-state index contributed by atoms with van der Waals surface area (Å²) in [5.74, 6) is 0. The molecule has 0 aliphatic heterocycles. The van der Waals surface area contributed by atoms with E-state index in [1.165, 1.54) is 0 Å². The van der Waals surface area contributed by atoms with E-state index in [1.807, 2.05) is 24.3 Å². The molecule has 0 radical (unpaired) electrons. The van der Waals surface area contributed by atoms with E-state index >= 15 is 0 Å². The first-order valence-electron chi connectivity index (χ1n) is 5.36. The molecule has 16 heavy (non-hydrogen) atoms. The number of anilines is 2. The van der Waals surface area contributed by atoms with Crippen LogP contribution in [0.25, 0.3) is 0 Å². The fraction of sp³-hybridized carbons (Fsp3) is 0.500. The minimum atomic E-state index is 0.693. The highest BCUT2D eigenvalue weighted by Crippen LogP contribution is 2.16. The van der Waals surface area contributed by atoms with Gasteiger partial charge in [-0.15, -0.1) is 0 Å². The Morgan fingerprint density at radius 2 is 1.75 bits per heavy atom. The number of rotatable bonds is 7. The highest BCUT2D eigenvalue weighted by Gasteiger charge is 2.05. The third kappa shape index (κ3) is 4.08. The van der Waals surface area contributed by atoms with E-state index < -0.39 is 0 Å². The summed E-state index contributed by atoms with van der Waals surface area (Å²) in [6.45, 7) is 3.06. The summed E-state index contributed by atoms with van der Waals surface area (Å²) < 4.78 is 10.2. The zero-order valence-electron chi connectivity index (χ0n) is 9.98. The Hall–Kier alpha value is -1.26. The lowest BCUT2D eigenvalue weighted by molar-refractivity contribution is 0.190. The van der Waals surface area contributed by atoms with E-state index in [-0.39, 0.29) is 0 Å². The largest absolute Gasteiger partial charge is 0.399 e. The van der Waals surface area contributed by atoms with Gasteiger partial charge in [-0.05, 0) is 18.2 Å². The minimum absolute atomic E-state index is 0.693. The van der Waals surface area contributed by atoms with E-state index in [2.05, 4.69) is 4.90 Å². The highest BCUT2D eigenvalue weighted by molar-refractivity contribution is 5.55. The molecule has 0 atom stereocenters. The summed E-state index contributed by atoms with van der Waals surface area (Å²) in [6, 6.07) is 7.85. The van der Waals surface area contributed by atoms with Crippen molar-refractivity contribution >= 4 is 11.4 Å². The molecule has 1 aromatic carbocycles. The maximum Gasteiger partial charge on any atom is 0.0637 e. The monoisotopic (exact) mass is 224 g/mol. The lowest BCUT2D eigenvalue weighted by atomic mass is 10.2. The Bertz CT molecular complexity index is 297. The number of nitrogens with two attached hydrogens (primary N) is 1. The lowest BCUT2D eigenvalue weighted by Gasteiger charge is -2.24. The third-order valence-electron chi connectivity index (χ3n) is 2.37. The molecule has 0 unspecified atom stereocenters. The minimum Gasteiger partial charge on any atom is -0.399 e. The molecule has 90 valence electrons. The summed E-state index contributed by atoms with van der Waals surface area (Å²) in [5, 5.41) is 0. The van der Waals surface area contributed by atoms with Crippen LogP contribution in [0.1, 0.15) is 0 Å². The van der Waals surface area contributed by atoms with Crippen molar-refractivity contribution in [2.45, 2.75) is 0 Å². The Kier molecular flexibility index (Phi) is 5.67. The zero-order valence-corrected chi connectivity index (χ0v) is 9.98. The van der Waals surface area contributed by atoms with Crippen molar-refractivity contribution in [3.8, 4) is 0 Å². The van der Waals surface area contributed by atoms with Crippen LogP contribution in [-0.2, 0) is 9.47 Å². The van der Waals surface area contributed by atoms with Crippen LogP contribution in [0.5, 0.6) is 0 Å². The van der Waals surface area contributed by atoms with E-state index in [4.69, 9.17) is 15.2 Å². The molecule has 0 aliphatic rings. The predicted molar refractivity (Wildman–Crippen MR) is 66.8 cm³/mol. The summed E-state index contributed by atoms with van der Waals surface area (Å²) in [4.78, 5) is 2.20. The molecule has 0 amide bonds. The first-order valence-corrected chi connectivity index (χ1v) is 5.36. The Labute approximate surface area is 96.9 Å². The number of nitrogens with zero attached hydrogens (tertiary/aromatic N) is 1. The van der Waals surface area contributed by atoms with Gasteiger partial charge in [0, 0.05) is 38.7 Å². The van der Waals surface area contributed by atoms with Crippen LogP contribution in [0.2, 0.25) is 0 Å². The molecule has 1 aromatic rings. The molecule has 0 saturated heterocycles. The third-order valence-corrected chi connectivity index (χ3v) is 2.37. The van der Waals surface area contributed by atoms with Crippen molar-refractivity contribution in [2.24, 2.45) is 0 Å². The van der Waals surface area contributed by atoms with Gasteiger partial charge in [0.2, 0.25) is 0 Å². The van der Waals surface area contributed by atoms with E-state index in [9.17, 15) is 0 Å². The van der Waals surface area contributed by atoms with Crippen molar-refractivity contribution in [3.63, 3.8) is 0 Å². The second-order valence-electron chi connectivity index (χ2n) is 3.57. The van der Waals surface area contributed by atoms with Crippen LogP contribution in [0.15, 0.2) is 24.3 Å². The van der Waals surface area contributed by atoms with Gasteiger partial charge in [-0.25, -0.2) is 0 Å². The molecule has 0 saturated carbocycles. The first-order chi connectivity index (χ1) is 7.77. The van der Waals surface area contributed by atoms with Crippen LogP contribution in [0, 0.1) is 0 Å². The number of hydrogen-bond donors (Lipinski definition) is 1. The molecule has 0 aliphatic carbocycles. The molecule has 4 nitrogen and oxygen atoms in total. The van der Waals surface area contributed by atoms with Crippen molar-refractivity contribution in [2.75, 3.05) is 51.2 Å². The molecule has 0 heterocycles. The van der Waals surface area contributed by atoms with Crippen molar-refractivity contribution in [1.82, 2.24) is 0 Å². The van der Waals surface area contributed by atoms with Crippen LogP contribution in [0.4, 0.5) is 11.4 Å². The Morgan fingerprint density at radius 3 is 2.25 bits per heavy atom. The second kappa shape index (κ2) is 7.09. The average molecular weight is 224 g/mol. The quantitative estimate of drug-likeness (QED) is 0.711. The second-order valence-corrected chi connectivity index (χ2v) is 3.57. The van der Waals surface area contributed by atoms with E-state index in [0.29, 0.717) is 13.2 Å². The average Bonchev–Trinajstić information content (AvgIpc) is 2.29. The van der Waals surface area contributed by atoms with Gasteiger partial charge in [-0.1, -0.05) is 6.07 Å². The normalized spacial score (nSPS) is 10.4. The number of hydrogen-bond acceptors (Lipinski definition) is 4. The van der Waals surface area contributed by atoms with Gasteiger partial charge in [0.15, 0.2) is 0 Å². The maximum absolute atomic E-state index is 5.76. The molecular formula is C12H20N2O2. The van der Waals surface area contributed by atoms with E-state index in [0.717, 1.165) is 24.5 Å². The maximum atomic E-state index is 5.76. The topological polar surface area (TPSA) is 47.7 Å². The van der Waals surface area contributed by atoms with Crippen molar-refractivity contribution in [1.29, 1.82) is 0 Å². The molecule has 0 bridgehead atoms. The van der Waals surface area contributed by atoms with Crippen LogP contribution in [-0.4, -0.2) is 40.5 Å². The van der Waals surface area contributed by atoms with Gasteiger partial charge in [-0.2, -0.15) is 0 Å². The lowest BCUT2D eigenvalue weighted by Crippen LogP contribution is -2.30. The number of benzene rings is 1. The summed E-state index contributed by atoms with van der Waals surface area (Å²) in [7, 11) is 3.40. The van der Waals surface area contributed by atoms with Gasteiger partial charge >= 0.3 is 0 Å². The zero-order chi connectivity index (χ0) is 11.8. The molecule has 0 fully saturated rings. The highest BCUT2D eigenvalue weighted by atomic mass is 16.5. The molecule has 2 N–H and O–H groups in total. The standard InChI is InChI=1S/C12H20N2O2/c1-15-8-6-14(7-9-16-2)12-5-3-4-11(13)10-12/h3-5,10H,6-9,13H2,1-2H3. The van der Waals surface area contributed by atoms with Crippen LogP contribution in [0.3, 0.4) is 0 Å². The molecule has 0 spiro atoms. The SMILES string of the molecule is COCCN(CCOC)c1cccc(N)c1. The van der Waals surface area contributed by atoms with Crippen molar-refractivity contribution in [3.05, 3.63) is 24.3 Å². The van der Waals surface area contributed by atoms with Crippen molar-refractivity contribution < 1.29 is 9.47 Å². The van der Waals surface area contributed by atoms with Gasteiger partial charge in [-0.3, -0.25) is 0 Å². The number of ether oxygens (including phenoxy) is 2. The molecule has 1 rings (SSSR count). The predicted octanol–water partition coefficient (Wildman–Crippen LogP) is 1.37. The van der Waals surface area contributed by atoms with Gasteiger partial charge in [0.05, 0.1) is 13.2 Å². The Morgan fingerprint density at radius 1 is 1.12 bits per heavy atom. The summed E-state index contributed by atoms with van der Waals surface area (Å²) in [6.07, 6.45) is 0. The van der Waals surface area contributed by atoms with Gasteiger partial charge in [0.25, 0.3) is 0 Å². The van der Waals surface area contributed by atoms with Crippen LogP contribution < -0.4 is 10.6 Å². The van der Waals surface area contributed by atoms with Gasteiger partial charge in [0.1, 0.15) is 0 Å². The summed E-state index contributed by atoms with van der Waals surface area (Å²) in [5.41, 5.74) is 7.65. The van der Waals surface area contributed by atoms with E-state index in [1.54, 1.807) is 14.2 Å². The Balaban J connectivity index is 2.66. The number of nitrogen functional groups attached to an aromatic ring is 1. The van der Waals surface area contributed by atoms with Crippen LogP contribution >= 0.6 is 0 Å². The number of methoxy groups -OCH3 is 2. The smallest absolute Gasteiger partial charge is 0.0637 e. The van der Waals surface area contributed by atoms with Gasteiger partial charge < -0.3 is 20.1 Å². The molecular weight excluding hydrogens is 204 g/mol. The first kappa shape index (κ1) is 12.8. The fourth-order valence-electron chi connectivity index (χ4n) is 1.49. The fourth-order valence-corrected chi connectivity index (χ4v) is 1.49. The molecule has 0 aromatic heterocycles.